The van der Waals surface area contributed by atoms with Gasteiger partial charge in [0.05, 0.1) is 5.69 Å². The van der Waals surface area contributed by atoms with Crippen LogP contribution in [0, 0.1) is 0 Å². The van der Waals surface area contributed by atoms with Crippen LogP contribution in [-0.4, -0.2) is 38.4 Å². The zero-order valence-corrected chi connectivity index (χ0v) is 16.1. The molecule has 2 heterocycles. The van der Waals surface area contributed by atoms with Crippen LogP contribution >= 0.6 is 11.3 Å². The number of urea groups is 1. The summed E-state index contributed by atoms with van der Waals surface area (Å²) in [5, 5.41) is 7.46. The first-order chi connectivity index (χ1) is 12.6. The van der Waals surface area contributed by atoms with Crippen LogP contribution in [0.5, 0.6) is 0 Å². The number of amides is 2. The average molecular weight is 394 g/mol. The van der Waals surface area contributed by atoms with E-state index < -0.39 is 16.1 Å². The van der Waals surface area contributed by atoms with Gasteiger partial charge in [-0.05, 0) is 42.8 Å². The van der Waals surface area contributed by atoms with Crippen molar-refractivity contribution < 1.29 is 13.2 Å². The van der Waals surface area contributed by atoms with E-state index in [4.69, 9.17) is 0 Å². The van der Waals surface area contributed by atoms with Crippen LogP contribution in [-0.2, 0) is 16.4 Å². The molecule has 2 amide bonds. The highest BCUT2D eigenvalue weighted by molar-refractivity contribution is 7.89. The van der Waals surface area contributed by atoms with Crippen LogP contribution in [0.2, 0.25) is 0 Å². The van der Waals surface area contributed by atoms with Crippen LogP contribution in [0.25, 0.3) is 0 Å². The largest absolute Gasteiger partial charge is 0.338 e. The Kier molecular flexibility index (Phi) is 6.29. The molecule has 0 unspecified atom stereocenters. The van der Waals surface area contributed by atoms with Gasteiger partial charge in [-0.3, -0.25) is 0 Å². The van der Waals surface area contributed by atoms with Crippen molar-refractivity contribution in [2.75, 3.05) is 25.0 Å². The van der Waals surface area contributed by atoms with Gasteiger partial charge >= 0.3 is 6.03 Å². The maximum atomic E-state index is 12.9. The van der Waals surface area contributed by atoms with E-state index in [1.807, 2.05) is 17.5 Å². The van der Waals surface area contributed by atoms with Crippen LogP contribution in [0.4, 0.5) is 10.5 Å². The van der Waals surface area contributed by atoms with Gasteiger partial charge < -0.3 is 10.6 Å². The Morgan fingerprint density at radius 1 is 1.08 bits per heavy atom. The molecule has 140 valence electrons. The van der Waals surface area contributed by atoms with E-state index in [-0.39, 0.29) is 4.90 Å². The van der Waals surface area contributed by atoms with Crippen molar-refractivity contribution in [3.8, 4) is 0 Å². The molecule has 1 saturated heterocycles. The Hall–Kier alpha value is -1.90. The number of carbonyl (C=O) groups is 1. The van der Waals surface area contributed by atoms with E-state index in [9.17, 15) is 13.2 Å². The lowest BCUT2D eigenvalue weighted by Crippen LogP contribution is -2.36. The Balaban J connectivity index is 1.65. The number of benzene rings is 1. The van der Waals surface area contributed by atoms with E-state index in [0.717, 1.165) is 25.7 Å². The first-order valence-electron chi connectivity index (χ1n) is 8.74. The molecule has 2 N–H and O–H groups in total. The van der Waals surface area contributed by atoms with Gasteiger partial charge in [0.2, 0.25) is 10.0 Å². The monoisotopic (exact) mass is 393 g/mol. The maximum Gasteiger partial charge on any atom is 0.319 e. The third-order valence-corrected chi connectivity index (χ3v) is 7.20. The van der Waals surface area contributed by atoms with Gasteiger partial charge in [-0.2, -0.15) is 4.31 Å². The number of nitrogens with zero attached hydrogens (tertiary/aromatic N) is 1. The number of piperidine rings is 1. The third-order valence-electron chi connectivity index (χ3n) is 4.31. The summed E-state index contributed by atoms with van der Waals surface area (Å²) >= 11 is 1.64. The first-order valence-corrected chi connectivity index (χ1v) is 11.1. The predicted molar refractivity (Wildman–Crippen MR) is 104 cm³/mol. The summed E-state index contributed by atoms with van der Waals surface area (Å²) in [5.41, 5.74) is 0.312. The third kappa shape index (κ3) is 4.63. The fraction of sp³-hybridized carbons (Fsp3) is 0.389. The summed E-state index contributed by atoms with van der Waals surface area (Å²) in [6.07, 6.45) is 3.55. The molecule has 6 nitrogen and oxygen atoms in total. The molecule has 1 fully saturated rings. The number of carbonyl (C=O) groups excluding carboxylic acids is 1. The standard InChI is InChI=1S/C18H23N3O3S2/c22-18(19-11-10-15-7-6-14-25-15)20-16-8-2-3-9-17(16)26(23,24)21-12-4-1-5-13-21/h2-3,6-9,14H,1,4-5,10-13H2,(H2,19,20,22). The average Bonchev–Trinajstić information content (AvgIpc) is 3.16. The topological polar surface area (TPSA) is 78.5 Å². The van der Waals surface area contributed by atoms with Crippen molar-refractivity contribution in [3.05, 3.63) is 46.7 Å². The van der Waals surface area contributed by atoms with Crippen molar-refractivity contribution in [2.24, 2.45) is 0 Å². The second-order valence-corrected chi connectivity index (χ2v) is 9.11. The smallest absolute Gasteiger partial charge is 0.319 e. The molecule has 0 radical (unpaired) electrons. The van der Waals surface area contributed by atoms with Gasteiger partial charge in [-0.15, -0.1) is 11.3 Å². The molecule has 1 aliphatic heterocycles. The summed E-state index contributed by atoms with van der Waals surface area (Å²) in [6, 6.07) is 10.2. The molecule has 3 rings (SSSR count). The highest BCUT2D eigenvalue weighted by Crippen LogP contribution is 2.26. The molecule has 26 heavy (non-hydrogen) atoms. The summed E-state index contributed by atoms with van der Waals surface area (Å²) < 4.78 is 27.3. The molecule has 0 aliphatic carbocycles. The number of thiophene rings is 1. The fourth-order valence-electron chi connectivity index (χ4n) is 2.96. The fourth-order valence-corrected chi connectivity index (χ4v) is 5.33. The molecule has 1 aromatic heterocycles. The lowest BCUT2D eigenvalue weighted by Gasteiger charge is -2.26. The summed E-state index contributed by atoms with van der Waals surface area (Å²) in [6.45, 7) is 1.56. The van der Waals surface area contributed by atoms with Crippen molar-refractivity contribution in [2.45, 2.75) is 30.6 Å². The number of hydrogen-bond acceptors (Lipinski definition) is 4. The quantitative estimate of drug-likeness (QED) is 0.790. The van der Waals surface area contributed by atoms with Crippen LogP contribution < -0.4 is 10.6 Å². The SMILES string of the molecule is O=C(NCCc1cccs1)Nc1ccccc1S(=O)(=O)N1CCCCC1. The summed E-state index contributed by atoms with van der Waals surface area (Å²) in [7, 11) is -3.60. The number of anilines is 1. The minimum atomic E-state index is -3.60. The molecule has 0 saturated carbocycles. The number of hydrogen-bond donors (Lipinski definition) is 2. The molecule has 8 heteroatoms. The molecule has 1 aliphatic rings. The van der Waals surface area contributed by atoms with E-state index in [1.165, 1.54) is 9.18 Å². The summed E-state index contributed by atoms with van der Waals surface area (Å²) in [5.74, 6) is 0. The lowest BCUT2D eigenvalue weighted by molar-refractivity contribution is 0.252. The van der Waals surface area contributed by atoms with E-state index in [2.05, 4.69) is 10.6 Å². The van der Waals surface area contributed by atoms with Crippen molar-refractivity contribution >= 4 is 33.1 Å². The van der Waals surface area contributed by atoms with Crippen LogP contribution in [0.1, 0.15) is 24.1 Å². The first kappa shape index (κ1) is 18.9. The van der Waals surface area contributed by atoms with E-state index in [1.54, 1.807) is 35.6 Å². The summed E-state index contributed by atoms with van der Waals surface area (Å²) in [4.78, 5) is 13.5. The maximum absolute atomic E-state index is 12.9. The second-order valence-electron chi connectivity index (χ2n) is 6.17. The van der Waals surface area contributed by atoms with Crippen LogP contribution in [0.15, 0.2) is 46.7 Å². The molecule has 0 spiro atoms. The minimum Gasteiger partial charge on any atom is -0.338 e. The minimum absolute atomic E-state index is 0.148. The highest BCUT2D eigenvalue weighted by atomic mass is 32.2. The number of rotatable bonds is 6. The second kappa shape index (κ2) is 8.66. The molecule has 1 aromatic carbocycles. The Morgan fingerprint density at radius 2 is 1.85 bits per heavy atom. The zero-order chi connectivity index (χ0) is 18.4. The van der Waals surface area contributed by atoms with Gasteiger partial charge in [0, 0.05) is 24.5 Å². The predicted octanol–water partition coefficient (Wildman–Crippen LogP) is 3.29. The van der Waals surface area contributed by atoms with Crippen molar-refractivity contribution in [1.29, 1.82) is 0 Å². The number of para-hydroxylation sites is 1. The molecular formula is C18H23N3O3S2. The van der Waals surface area contributed by atoms with E-state index >= 15 is 0 Å². The Morgan fingerprint density at radius 3 is 2.58 bits per heavy atom. The number of nitrogens with one attached hydrogen (secondary N) is 2. The van der Waals surface area contributed by atoms with Crippen LogP contribution in [0.3, 0.4) is 0 Å². The molecule has 0 bridgehead atoms. The molecular weight excluding hydrogens is 370 g/mol. The van der Waals surface area contributed by atoms with Gasteiger partial charge in [-0.1, -0.05) is 24.6 Å². The van der Waals surface area contributed by atoms with Gasteiger partial charge in [0.15, 0.2) is 0 Å². The van der Waals surface area contributed by atoms with Gasteiger partial charge in [0.25, 0.3) is 0 Å². The zero-order valence-electron chi connectivity index (χ0n) is 14.5. The molecule has 0 atom stereocenters. The lowest BCUT2D eigenvalue weighted by atomic mass is 10.2. The van der Waals surface area contributed by atoms with Gasteiger partial charge in [0.1, 0.15) is 4.90 Å². The number of sulfonamides is 1. The van der Waals surface area contributed by atoms with Crippen molar-refractivity contribution in [3.63, 3.8) is 0 Å². The van der Waals surface area contributed by atoms with Gasteiger partial charge in [-0.25, -0.2) is 13.2 Å². The Labute approximate surface area is 158 Å². The van der Waals surface area contributed by atoms with Crippen molar-refractivity contribution in [1.82, 2.24) is 9.62 Å². The molecule has 2 aromatic rings. The van der Waals surface area contributed by atoms with E-state index in [0.29, 0.717) is 25.3 Å². The Bertz CT molecular complexity index is 829. The normalized spacial score (nSPS) is 15.5. The highest BCUT2D eigenvalue weighted by Gasteiger charge is 2.28.